The molecule has 1 aromatic heterocycles. The number of nitrogens with zero attached hydrogens (tertiary/aromatic N) is 2. The van der Waals surface area contributed by atoms with E-state index in [2.05, 4.69) is 9.88 Å². The van der Waals surface area contributed by atoms with Crippen molar-refractivity contribution in [2.75, 3.05) is 12.4 Å². The van der Waals surface area contributed by atoms with Crippen LogP contribution in [0.25, 0.3) is 0 Å². The van der Waals surface area contributed by atoms with E-state index in [1.807, 2.05) is 6.20 Å². The molecule has 2 aromatic rings. The molecule has 29 heavy (non-hydrogen) atoms. The zero-order valence-electron chi connectivity index (χ0n) is 16.8. The average Bonchev–Trinajstić information content (AvgIpc) is 3.17. The number of benzene rings is 1. The fourth-order valence-electron chi connectivity index (χ4n) is 4.59. The first kappa shape index (κ1) is 19.5. The van der Waals surface area contributed by atoms with Crippen LogP contribution in [0.2, 0.25) is 0 Å². The SMILES string of the molecule is COc1ccc(C(N)=O)cc1NC(=O)[C@@H]1CCn2c(cnc2C2CCCCC2)C1. The Morgan fingerprint density at radius 2 is 2.00 bits per heavy atom. The van der Waals surface area contributed by atoms with Gasteiger partial charge in [0.25, 0.3) is 0 Å². The number of carbonyl (C=O) groups is 2. The topological polar surface area (TPSA) is 99.2 Å². The molecule has 0 bridgehead atoms. The molecule has 1 aliphatic heterocycles. The summed E-state index contributed by atoms with van der Waals surface area (Å²) >= 11 is 0. The van der Waals surface area contributed by atoms with Gasteiger partial charge < -0.3 is 20.4 Å². The van der Waals surface area contributed by atoms with Gasteiger partial charge in [0, 0.05) is 42.3 Å². The highest BCUT2D eigenvalue weighted by Crippen LogP contribution is 2.35. The van der Waals surface area contributed by atoms with Crippen LogP contribution in [0.3, 0.4) is 0 Å². The molecule has 0 saturated heterocycles. The van der Waals surface area contributed by atoms with Crippen molar-refractivity contribution in [1.82, 2.24) is 9.55 Å². The predicted molar refractivity (Wildman–Crippen MR) is 110 cm³/mol. The molecule has 2 heterocycles. The summed E-state index contributed by atoms with van der Waals surface area (Å²) in [5, 5.41) is 2.93. The Kier molecular flexibility index (Phi) is 5.56. The maximum atomic E-state index is 12.9. The number of methoxy groups -OCH3 is 1. The van der Waals surface area contributed by atoms with Gasteiger partial charge in [0.1, 0.15) is 11.6 Å². The highest BCUT2D eigenvalue weighted by atomic mass is 16.5. The quantitative estimate of drug-likeness (QED) is 0.810. The maximum Gasteiger partial charge on any atom is 0.248 e. The number of ether oxygens (including phenoxy) is 1. The summed E-state index contributed by atoms with van der Waals surface area (Å²) in [4.78, 5) is 29.1. The van der Waals surface area contributed by atoms with Gasteiger partial charge in [-0.1, -0.05) is 19.3 Å². The Balaban J connectivity index is 1.47. The minimum Gasteiger partial charge on any atom is -0.495 e. The van der Waals surface area contributed by atoms with Crippen LogP contribution in [0, 0.1) is 5.92 Å². The second-order valence-electron chi connectivity index (χ2n) is 8.05. The van der Waals surface area contributed by atoms with E-state index in [0.717, 1.165) is 18.7 Å². The first-order valence-electron chi connectivity index (χ1n) is 10.4. The van der Waals surface area contributed by atoms with Gasteiger partial charge in [0.2, 0.25) is 11.8 Å². The van der Waals surface area contributed by atoms with E-state index >= 15 is 0 Å². The largest absolute Gasteiger partial charge is 0.495 e. The molecule has 1 saturated carbocycles. The number of nitrogens with one attached hydrogen (secondary N) is 1. The summed E-state index contributed by atoms with van der Waals surface area (Å²) in [5.74, 6) is 1.51. The molecule has 1 atom stereocenters. The van der Waals surface area contributed by atoms with Crippen LogP contribution in [0.5, 0.6) is 5.75 Å². The molecule has 2 amide bonds. The molecule has 4 rings (SSSR count). The summed E-state index contributed by atoms with van der Waals surface area (Å²) in [6.45, 7) is 0.817. The average molecular weight is 396 g/mol. The Bertz CT molecular complexity index is 915. The van der Waals surface area contributed by atoms with Gasteiger partial charge in [-0.05, 0) is 37.5 Å². The molecule has 1 fully saturated rings. The Morgan fingerprint density at radius 3 is 2.72 bits per heavy atom. The predicted octanol–water partition coefficient (Wildman–Crippen LogP) is 3.24. The summed E-state index contributed by atoms with van der Waals surface area (Å²) in [5.41, 5.74) is 7.30. The fraction of sp³-hybridized carbons (Fsp3) is 0.500. The van der Waals surface area contributed by atoms with Crippen LogP contribution >= 0.6 is 0 Å². The number of hydrogen-bond acceptors (Lipinski definition) is 4. The lowest BCUT2D eigenvalue weighted by molar-refractivity contribution is -0.120. The second-order valence-corrected chi connectivity index (χ2v) is 8.05. The number of imidazole rings is 1. The number of aromatic nitrogens is 2. The molecule has 0 spiro atoms. The zero-order chi connectivity index (χ0) is 20.4. The van der Waals surface area contributed by atoms with E-state index in [4.69, 9.17) is 15.5 Å². The molecule has 1 aromatic carbocycles. The smallest absolute Gasteiger partial charge is 0.248 e. The third-order valence-corrected chi connectivity index (χ3v) is 6.21. The van der Waals surface area contributed by atoms with Gasteiger partial charge >= 0.3 is 0 Å². The molecule has 0 unspecified atom stereocenters. The lowest BCUT2D eigenvalue weighted by Gasteiger charge is -2.27. The standard InChI is InChI=1S/C22H28N4O3/c1-29-19-8-7-15(20(23)27)12-18(19)25-22(28)16-9-10-26-17(11-16)13-24-21(26)14-5-3-2-4-6-14/h7-8,12-14,16H,2-6,9-11H2,1H3,(H2,23,27)(H,25,28)/t16-/m1/s1. The number of nitrogens with two attached hydrogens (primary N) is 1. The third-order valence-electron chi connectivity index (χ3n) is 6.21. The number of rotatable bonds is 5. The molecule has 154 valence electrons. The lowest BCUT2D eigenvalue weighted by atomic mass is 9.88. The van der Waals surface area contributed by atoms with Crippen molar-refractivity contribution in [1.29, 1.82) is 0 Å². The molecule has 7 heteroatoms. The Labute approximate surface area is 170 Å². The van der Waals surface area contributed by atoms with Crippen molar-refractivity contribution in [2.45, 2.75) is 57.4 Å². The number of carbonyl (C=O) groups excluding carboxylic acids is 2. The lowest BCUT2D eigenvalue weighted by Crippen LogP contribution is -2.31. The Morgan fingerprint density at radius 1 is 1.21 bits per heavy atom. The van der Waals surface area contributed by atoms with Crippen molar-refractivity contribution < 1.29 is 14.3 Å². The number of fused-ring (bicyclic) bond motifs is 1. The van der Waals surface area contributed by atoms with E-state index in [9.17, 15) is 9.59 Å². The highest BCUT2D eigenvalue weighted by molar-refractivity contribution is 5.98. The minimum atomic E-state index is -0.542. The summed E-state index contributed by atoms with van der Waals surface area (Å²) in [6, 6.07) is 4.79. The van der Waals surface area contributed by atoms with E-state index < -0.39 is 5.91 Å². The fourth-order valence-corrected chi connectivity index (χ4v) is 4.59. The molecule has 7 nitrogen and oxygen atoms in total. The zero-order valence-corrected chi connectivity index (χ0v) is 16.8. The molecular weight excluding hydrogens is 368 g/mol. The maximum absolute atomic E-state index is 12.9. The van der Waals surface area contributed by atoms with Crippen molar-refractivity contribution in [2.24, 2.45) is 11.7 Å². The van der Waals surface area contributed by atoms with Gasteiger partial charge in [-0.3, -0.25) is 9.59 Å². The second kappa shape index (κ2) is 8.27. The first-order chi connectivity index (χ1) is 14.1. The number of primary amides is 1. The van der Waals surface area contributed by atoms with Gasteiger partial charge in [0.05, 0.1) is 12.8 Å². The van der Waals surface area contributed by atoms with E-state index in [-0.39, 0.29) is 11.8 Å². The number of anilines is 1. The van der Waals surface area contributed by atoms with Crippen LogP contribution in [0.1, 0.15) is 66.3 Å². The minimum absolute atomic E-state index is 0.0726. The summed E-state index contributed by atoms with van der Waals surface area (Å²) < 4.78 is 7.64. The van der Waals surface area contributed by atoms with Crippen LogP contribution in [0.15, 0.2) is 24.4 Å². The van der Waals surface area contributed by atoms with Gasteiger partial charge in [-0.2, -0.15) is 0 Å². The van der Waals surface area contributed by atoms with E-state index in [0.29, 0.717) is 29.3 Å². The van der Waals surface area contributed by atoms with Crippen LogP contribution < -0.4 is 15.8 Å². The highest BCUT2D eigenvalue weighted by Gasteiger charge is 2.29. The molecule has 3 N–H and O–H groups in total. The van der Waals surface area contributed by atoms with Gasteiger partial charge in [-0.15, -0.1) is 0 Å². The van der Waals surface area contributed by atoms with Gasteiger partial charge in [-0.25, -0.2) is 4.98 Å². The van der Waals surface area contributed by atoms with E-state index in [1.54, 1.807) is 18.2 Å². The third kappa shape index (κ3) is 3.99. The van der Waals surface area contributed by atoms with Crippen LogP contribution in [-0.4, -0.2) is 28.5 Å². The van der Waals surface area contributed by atoms with Crippen LogP contribution in [-0.2, 0) is 17.8 Å². The normalized spacial score (nSPS) is 19.4. The summed E-state index contributed by atoms with van der Waals surface area (Å²) in [7, 11) is 1.53. The molecule has 0 radical (unpaired) electrons. The molecular formula is C22H28N4O3. The van der Waals surface area contributed by atoms with Crippen LogP contribution in [0.4, 0.5) is 5.69 Å². The monoisotopic (exact) mass is 396 g/mol. The number of hydrogen-bond donors (Lipinski definition) is 2. The molecule has 1 aliphatic carbocycles. The van der Waals surface area contributed by atoms with Crippen molar-refractivity contribution in [3.63, 3.8) is 0 Å². The van der Waals surface area contributed by atoms with E-state index in [1.165, 1.54) is 45.0 Å². The number of amides is 2. The van der Waals surface area contributed by atoms with Crippen molar-refractivity contribution in [3.8, 4) is 5.75 Å². The van der Waals surface area contributed by atoms with Crippen molar-refractivity contribution in [3.05, 3.63) is 41.5 Å². The summed E-state index contributed by atoms with van der Waals surface area (Å²) in [6.07, 6.45) is 9.71. The van der Waals surface area contributed by atoms with Gasteiger partial charge in [0.15, 0.2) is 0 Å². The molecule has 2 aliphatic rings. The van der Waals surface area contributed by atoms with Crippen molar-refractivity contribution >= 4 is 17.5 Å². The first-order valence-corrected chi connectivity index (χ1v) is 10.4. The Hall–Kier alpha value is -2.83.